The Morgan fingerprint density at radius 2 is 1.81 bits per heavy atom. The van der Waals surface area contributed by atoms with Crippen molar-refractivity contribution >= 4 is 46.7 Å². The summed E-state index contributed by atoms with van der Waals surface area (Å²) in [5.74, 6) is -0.567. The normalized spacial score (nSPS) is 19.7. The van der Waals surface area contributed by atoms with Crippen LogP contribution in [0.25, 0.3) is 0 Å². The lowest BCUT2D eigenvalue weighted by molar-refractivity contribution is -0.155. The van der Waals surface area contributed by atoms with Crippen LogP contribution in [0.3, 0.4) is 0 Å². The van der Waals surface area contributed by atoms with Crippen LogP contribution in [-0.4, -0.2) is 18.4 Å². The van der Waals surface area contributed by atoms with Crippen molar-refractivity contribution in [1.29, 1.82) is 0 Å². The van der Waals surface area contributed by atoms with E-state index in [0.29, 0.717) is 28.5 Å². The van der Waals surface area contributed by atoms with Gasteiger partial charge in [0.05, 0.1) is 6.61 Å². The number of esters is 1. The molecule has 1 fully saturated rings. The maximum absolute atomic E-state index is 13.0. The Hall–Kier alpha value is -1.49. The average Bonchev–Trinajstić information content (AvgIpc) is 2.66. The molecule has 1 atom stereocenters. The molecule has 3 nitrogen and oxygen atoms in total. The summed E-state index contributed by atoms with van der Waals surface area (Å²) < 4.78 is 5.34. The summed E-state index contributed by atoms with van der Waals surface area (Å²) in [6, 6.07) is 12.8. The van der Waals surface area contributed by atoms with Crippen LogP contribution in [0.5, 0.6) is 0 Å². The standard InChI is InChI=1S/C21H20Cl2O3S/c1-2-26-20(25)21(12-4-3-5-19(21)24)17-13-15(23)8-11-18(17)27-16-9-6-14(22)7-10-16/h6-11,13H,2-5,12H2,1H3. The van der Waals surface area contributed by atoms with E-state index in [1.54, 1.807) is 19.1 Å². The van der Waals surface area contributed by atoms with Crippen molar-refractivity contribution in [2.24, 2.45) is 0 Å². The average molecular weight is 423 g/mol. The van der Waals surface area contributed by atoms with Crippen LogP contribution < -0.4 is 0 Å². The van der Waals surface area contributed by atoms with E-state index in [2.05, 4.69) is 0 Å². The van der Waals surface area contributed by atoms with E-state index in [4.69, 9.17) is 27.9 Å². The van der Waals surface area contributed by atoms with Crippen molar-refractivity contribution < 1.29 is 14.3 Å². The van der Waals surface area contributed by atoms with E-state index >= 15 is 0 Å². The highest BCUT2D eigenvalue weighted by molar-refractivity contribution is 7.99. The molecule has 6 heteroatoms. The molecule has 0 aliphatic heterocycles. The molecular formula is C21H20Cl2O3S. The van der Waals surface area contributed by atoms with Gasteiger partial charge in [0.25, 0.3) is 0 Å². The number of carbonyl (C=O) groups is 2. The third-order valence-corrected chi connectivity index (χ3v) is 6.32. The van der Waals surface area contributed by atoms with Crippen molar-refractivity contribution in [2.45, 2.75) is 47.8 Å². The lowest BCUT2D eigenvalue weighted by Crippen LogP contribution is -2.47. The Morgan fingerprint density at radius 1 is 1.11 bits per heavy atom. The van der Waals surface area contributed by atoms with E-state index in [1.165, 1.54) is 11.8 Å². The molecule has 2 aromatic rings. The molecule has 0 heterocycles. The molecule has 0 spiro atoms. The molecule has 3 rings (SSSR count). The predicted octanol–water partition coefficient (Wildman–Crippen LogP) is 6.09. The van der Waals surface area contributed by atoms with Gasteiger partial charge < -0.3 is 4.74 Å². The fourth-order valence-corrected chi connectivity index (χ4v) is 4.75. The number of ether oxygens (including phenoxy) is 1. The minimum atomic E-state index is -1.28. The molecule has 0 N–H and O–H groups in total. The van der Waals surface area contributed by atoms with Gasteiger partial charge in [-0.25, -0.2) is 0 Å². The third-order valence-electron chi connectivity index (χ3n) is 4.75. The quantitative estimate of drug-likeness (QED) is 0.431. The third kappa shape index (κ3) is 4.18. The second-order valence-electron chi connectivity index (χ2n) is 6.45. The van der Waals surface area contributed by atoms with Crippen LogP contribution in [0.15, 0.2) is 52.3 Å². The molecule has 0 amide bonds. The molecule has 0 radical (unpaired) electrons. The summed E-state index contributed by atoms with van der Waals surface area (Å²) in [7, 11) is 0. The van der Waals surface area contributed by atoms with Gasteiger partial charge in [0, 0.05) is 26.3 Å². The fourth-order valence-electron chi connectivity index (χ4n) is 3.45. The Morgan fingerprint density at radius 3 is 2.48 bits per heavy atom. The van der Waals surface area contributed by atoms with Gasteiger partial charge in [-0.2, -0.15) is 0 Å². The number of Topliss-reactive ketones (excluding diaryl/α,β-unsaturated/α-hetero) is 1. The van der Waals surface area contributed by atoms with Crippen molar-refractivity contribution in [3.63, 3.8) is 0 Å². The molecular weight excluding hydrogens is 403 g/mol. The second-order valence-corrected chi connectivity index (χ2v) is 8.44. The van der Waals surface area contributed by atoms with Gasteiger partial charge >= 0.3 is 5.97 Å². The van der Waals surface area contributed by atoms with E-state index in [-0.39, 0.29) is 12.4 Å². The van der Waals surface area contributed by atoms with Crippen LogP contribution in [0.1, 0.15) is 38.2 Å². The van der Waals surface area contributed by atoms with Gasteiger partial charge in [-0.1, -0.05) is 41.4 Å². The molecule has 142 valence electrons. The molecule has 0 saturated heterocycles. The molecule has 27 heavy (non-hydrogen) atoms. The molecule has 1 saturated carbocycles. The Balaban J connectivity index is 2.11. The van der Waals surface area contributed by atoms with Crippen molar-refractivity contribution in [3.05, 3.63) is 58.1 Å². The molecule has 0 aromatic heterocycles. The highest BCUT2D eigenvalue weighted by Crippen LogP contribution is 2.45. The zero-order valence-electron chi connectivity index (χ0n) is 15.0. The summed E-state index contributed by atoms with van der Waals surface area (Å²) in [5, 5.41) is 1.15. The zero-order chi connectivity index (χ0) is 19.4. The summed E-state index contributed by atoms with van der Waals surface area (Å²) in [6.45, 7) is 1.98. The first-order valence-corrected chi connectivity index (χ1v) is 10.5. The van der Waals surface area contributed by atoms with Gasteiger partial charge in [0.1, 0.15) is 0 Å². The summed E-state index contributed by atoms with van der Waals surface area (Å²) >= 11 is 13.7. The van der Waals surface area contributed by atoms with Crippen molar-refractivity contribution in [2.75, 3.05) is 6.61 Å². The van der Waals surface area contributed by atoms with Crippen molar-refractivity contribution in [3.8, 4) is 0 Å². The lowest BCUT2D eigenvalue weighted by Gasteiger charge is -2.35. The Labute approximate surface area is 173 Å². The number of ketones is 1. The SMILES string of the molecule is CCOC(=O)C1(c2cc(Cl)ccc2Sc2ccc(Cl)cc2)CCCCC1=O. The summed E-state index contributed by atoms with van der Waals surface area (Å²) in [6.07, 6.45) is 2.40. The number of hydrogen-bond donors (Lipinski definition) is 0. The lowest BCUT2D eigenvalue weighted by atomic mass is 9.68. The van der Waals surface area contributed by atoms with Crippen LogP contribution in [0, 0.1) is 0 Å². The molecule has 1 aliphatic carbocycles. The Kier molecular flexibility index (Phi) is 6.51. The van der Waals surface area contributed by atoms with Crippen LogP contribution >= 0.6 is 35.0 Å². The number of carbonyl (C=O) groups excluding carboxylic acids is 2. The molecule has 1 aliphatic rings. The maximum atomic E-state index is 13.0. The van der Waals surface area contributed by atoms with Gasteiger partial charge in [-0.15, -0.1) is 0 Å². The first-order chi connectivity index (χ1) is 13.0. The van der Waals surface area contributed by atoms with Crippen LogP contribution in [-0.2, 0) is 19.7 Å². The molecule has 0 bridgehead atoms. The number of benzene rings is 2. The fraction of sp³-hybridized carbons (Fsp3) is 0.333. The largest absolute Gasteiger partial charge is 0.465 e. The van der Waals surface area contributed by atoms with Gasteiger partial charge in [0.2, 0.25) is 0 Å². The molecule has 1 unspecified atom stereocenters. The van der Waals surface area contributed by atoms with E-state index in [0.717, 1.165) is 22.6 Å². The zero-order valence-corrected chi connectivity index (χ0v) is 17.3. The monoisotopic (exact) mass is 422 g/mol. The van der Waals surface area contributed by atoms with E-state index in [9.17, 15) is 9.59 Å². The number of halogens is 2. The highest BCUT2D eigenvalue weighted by Gasteiger charge is 2.50. The molecule has 2 aromatic carbocycles. The van der Waals surface area contributed by atoms with Crippen LogP contribution in [0.2, 0.25) is 10.0 Å². The predicted molar refractivity (Wildman–Crippen MR) is 109 cm³/mol. The first-order valence-electron chi connectivity index (χ1n) is 8.91. The van der Waals surface area contributed by atoms with Crippen LogP contribution in [0.4, 0.5) is 0 Å². The number of hydrogen-bond acceptors (Lipinski definition) is 4. The smallest absolute Gasteiger partial charge is 0.324 e. The van der Waals surface area contributed by atoms with Gasteiger partial charge in [0.15, 0.2) is 11.2 Å². The van der Waals surface area contributed by atoms with Crippen molar-refractivity contribution in [1.82, 2.24) is 0 Å². The maximum Gasteiger partial charge on any atom is 0.324 e. The Bertz CT molecular complexity index is 851. The second kappa shape index (κ2) is 8.68. The van der Waals surface area contributed by atoms with E-state index in [1.807, 2.05) is 30.3 Å². The summed E-state index contributed by atoms with van der Waals surface area (Å²) in [5.41, 5.74) is -0.647. The van der Waals surface area contributed by atoms with E-state index < -0.39 is 11.4 Å². The topological polar surface area (TPSA) is 43.4 Å². The van der Waals surface area contributed by atoms with Gasteiger partial charge in [-0.3, -0.25) is 9.59 Å². The van der Waals surface area contributed by atoms with Gasteiger partial charge in [-0.05, 0) is 67.8 Å². The minimum absolute atomic E-state index is 0.0903. The minimum Gasteiger partial charge on any atom is -0.465 e. The highest BCUT2D eigenvalue weighted by atomic mass is 35.5. The number of rotatable bonds is 5. The summed E-state index contributed by atoms with van der Waals surface area (Å²) in [4.78, 5) is 27.8. The first kappa shape index (κ1) is 20.2.